The van der Waals surface area contributed by atoms with Crippen LogP contribution in [-0.4, -0.2) is 45.2 Å². The minimum Gasteiger partial charge on any atom is -0.378 e. The van der Waals surface area contributed by atoms with Crippen molar-refractivity contribution in [1.82, 2.24) is 5.32 Å². The lowest BCUT2D eigenvalue weighted by molar-refractivity contribution is -0.0877. The molecule has 0 heterocycles. The van der Waals surface area contributed by atoms with Gasteiger partial charge in [0.05, 0.1) is 10.9 Å². The first kappa shape index (κ1) is 17.2. The van der Waals surface area contributed by atoms with E-state index in [2.05, 4.69) is 12.2 Å². The molecule has 2 rings (SSSR count). The summed E-state index contributed by atoms with van der Waals surface area (Å²) >= 11 is 0. The van der Waals surface area contributed by atoms with E-state index < -0.39 is 9.84 Å². The second-order valence-corrected chi connectivity index (χ2v) is 9.31. The predicted octanol–water partition coefficient (Wildman–Crippen LogP) is 2.53. The first-order valence-corrected chi connectivity index (χ1v) is 10.3. The number of methoxy groups -OCH3 is 1. The molecule has 4 nitrogen and oxygen atoms in total. The highest BCUT2D eigenvalue weighted by molar-refractivity contribution is 7.91. The Hall–Kier alpha value is -0.130. The third-order valence-electron chi connectivity index (χ3n) is 5.60. The minimum atomic E-state index is -2.91. The Morgan fingerprint density at radius 2 is 2.00 bits per heavy atom. The molecule has 0 spiro atoms. The molecule has 0 aliphatic heterocycles. The van der Waals surface area contributed by atoms with Crippen molar-refractivity contribution in [2.75, 3.05) is 19.9 Å². The van der Waals surface area contributed by atoms with Gasteiger partial charge in [-0.2, -0.15) is 0 Å². The zero-order valence-electron chi connectivity index (χ0n) is 13.7. The molecule has 2 aliphatic carbocycles. The maximum atomic E-state index is 11.9. The molecule has 2 aliphatic rings. The van der Waals surface area contributed by atoms with E-state index >= 15 is 0 Å². The molecule has 124 valence electrons. The van der Waals surface area contributed by atoms with Crippen LogP contribution in [0.1, 0.15) is 58.3 Å². The fraction of sp³-hybridized carbons (Fsp3) is 1.00. The summed E-state index contributed by atoms with van der Waals surface area (Å²) in [6.45, 7) is 3.06. The molecule has 1 N–H and O–H groups in total. The van der Waals surface area contributed by atoms with Crippen molar-refractivity contribution in [3.8, 4) is 0 Å². The molecule has 0 amide bonds. The van der Waals surface area contributed by atoms with E-state index in [1.165, 1.54) is 12.7 Å². The zero-order chi connectivity index (χ0) is 15.5. The fourth-order valence-electron chi connectivity index (χ4n) is 4.07. The molecule has 0 radical (unpaired) electrons. The summed E-state index contributed by atoms with van der Waals surface area (Å²) in [5, 5.41) is 3.47. The number of ether oxygens (including phenoxy) is 1. The second-order valence-electron chi connectivity index (χ2n) is 6.99. The lowest BCUT2D eigenvalue weighted by Crippen LogP contribution is -2.49. The van der Waals surface area contributed by atoms with Gasteiger partial charge in [0.15, 0.2) is 0 Å². The molecule has 0 saturated heterocycles. The van der Waals surface area contributed by atoms with Crippen molar-refractivity contribution in [3.63, 3.8) is 0 Å². The van der Waals surface area contributed by atoms with Gasteiger partial charge in [-0.3, -0.25) is 0 Å². The average Bonchev–Trinajstić information content (AvgIpc) is 2.41. The van der Waals surface area contributed by atoms with Crippen LogP contribution in [0.25, 0.3) is 0 Å². The Morgan fingerprint density at radius 1 is 1.29 bits per heavy atom. The van der Waals surface area contributed by atoms with Crippen molar-refractivity contribution in [2.45, 2.75) is 75.2 Å². The highest BCUT2D eigenvalue weighted by atomic mass is 32.2. The molecule has 5 heteroatoms. The van der Waals surface area contributed by atoms with Crippen molar-refractivity contribution in [2.24, 2.45) is 5.92 Å². The van der Waals surface area contributed by atoms with Gasteiger partial charge in [0.1, 0.15) is 9.84 Å². The molecular formula is C16H31NO3S. The number of rotatable bonds is 7. The molecule has 0 aromatic rings. The maximum absolute atomic E-state index is 11.9. The summed E-state index contributed by atoms with van der Waals surface area (Å²) in [7, 11) is -1.09. The van der Waals surface area contributed by atoms with Crippen LogP contribution in [0.5, 0.6) is 0 Å². The van der Waals surface area contributed by atoms with Gasteiger partial charge in [-0.15, -0.1) is 0 Å². The maximum Gasteiger partial charge on any atom is 0.150 e. The molecular weight excluding hydrogens is 286 g/mol. The van der Waals surface area contributed by atoms with Crippen LogP contribution in [-0.2, 0) is 14.6 Å². The molecule has 2 saturated carbocycles. The summed E-state index contributed by atoms with van der Waals surface area (Å²) in [5.74, 6) is 0.464. The minimum absolute atomic E-state index is 0.0465. The van der Waals surface area contributed by atoms with Gasteiger partial charge in [-0.05, 0) is 57.4 Å². The van der Waals surface area contributed by atoms with Crippen LogP contribution >= 0.6 is 0 Å². The quantitative estimate of drug-likeness (QED) is 0.784. The predicted molar refractivity (Wildman–Crippen MR) is 86.3 cm³/mol. The van der Waals surface area contributed by atoms with Gasteiger partial charge in [0.2, 0.25) is 0 Å². The highest BCUT2D eigenvalue weighted by Crippen LogP contribution is 2.42. The summed E-state index contributed by atoms with van der Waals surface area (Å²) < 4.78 is 29.5. The van der Waals surface area contributed by atoms with Gasteiger partial charge >= 0.3 is 0 Å². The van der Waals surface area contributed by atoms with Gasteiger partial charge < -0.3 is 10.1 Å². The van der Waals surface area contributed by atoms with E-state index in [1.807, 2.05) is 7.11 Å². The van der Waals surface area contributed by atoms with Crippen LogP contribution in [0.15, 0.2) is 0 Å². The van der Waals surface area contributed by atoms with E-state index in [-0.39, 0.29) is 10.9 Å². The SMILES string of the molecule is CCNC(CC1(OC)CCC1)C1CCCC(S(C)(=O)=O)C1. The summed E-state index contributed by atoms with van der Waals surface area (Å²) in [6, 6.07) is 0.389. The van der Waals surface area contributed by atoms with Crippen LogP contribution in [0, 0.1) is 5.92 Å². The molecule has 3 unspecified atom stereocenters. The summed E-state index contributed by atoms with van der Waals surface area (Å²) in [5.41, 5.74) is 0.0465. The summed E-state index contributed by atoms with van der Waals surface area (Å²) in [6.07, 6.45) is 9.79. The Kier molecular flexibility index (Phi) is 5.71. The number of hydrogen-bond acceptors (Lipinski definition) is 4. The standard InChI is InChI=1S/C16H31NO3S/c1-4-17-15(12-16(20-2)9-6-10-16)13-7-5-8-14(11-13)21(3,18)19/h13-15,17H,4-12H2,1-3H3. The molecule has 2 fully saturated rings. The van der Waals surface area contributed by atoms with Gasteiger partial charge in [0, 0.05) is 19.4 Å². The van der Waals surface area contributed by atoms with E-state index in [1.54, 1.807) is 0 Å². The molecule has 0 aromatic carbocycles. The van der Waals surface area contributed by atoms with Crippen LogP contribution in [0.3, 0.4) is 0 Å². The van der Waals surface area contributed by atoms with E-state index in [4.69, 9.17) is 4.74 Å². The van der Waals surface area contributed by atoms with Gasteiger partial charge in [-0.25, -0.2) is 8.42 Å². The van der Waals surface area contributed by atoms with E-state index in [9.17, 15) is 8.42 Å². The van der Waals surface area contributed by atoms with Gasteiger partial charge in [0.25, 0.3) is 0 Å². The Balaban J connectivity index is 2.03. The Morgan fingerprint density at radius 3 is 2.48 bits per heavy atom. The monoisotopic (exact) mass is 317 g/mol. The Labute approximate surface area is 129 Å². The van der Waals surface area contributed by atoms with Crippen molar-refractivity contribution in [3.05, 3.63) is 0 Å². The summed E-state index contributed by atoms with van der Waals surface area (Å²) in [4.78, 5) is 0. The van der Waals surface area contributed by atoms with Crippen LogP contribution < -0.4 is 5.32 Å². The van der Waals surface area contributed by atoms with Crippen molar-refractivity contribution in [1.29, 1.82) is 0 Å². The third-order valence-corrected chi connectivity index (χ3v) is 7.24. The fourth-order valence-corrected chi connectivity index (χ4v) is 5.26. The second kappa shape index (κ2) is 6.97. The molecule has 21 heavy (non-hydrogen) atoms. The van der Waals surface area contributed by atoms with Crippen molar-refractivity contribution >= 4 is 9.84 Å². The highest BCUT2D eigenvalue weighted by Gasteiger charge is 2.42. The van der Waals surface area contributed by atoms with E-state index in [0.29, 0.717) is 12.0 Å². The Bertz CT molecular complexity index is 425. The molecule has 0 aromatic heterocycles. The molecule has 3 atom stereocenters. The van der Waals surface area contributed by atoms with Crippen LogP contribution in [0.2, 0.25) is 0 Å². The average molecular weight is 317 g/mol. The van der Waals surface area contributed by atoms with E-state index in [0.717, 1.165) is 51.5 Å². The lowest BCUT2D eigenvalue weighted by Gasteiger charge is -2.45. The number of sulfone groups is 1. The zero-order valence-corrected chi connectivity index (χ0v) is 14.5. The molecule has 0 bridgehead atoms. The topological polar surface area (TPSA) is 55.4 Å². The number of hydrogen-bond donors (Lipinski definition) is 1. The third kappa shape index (κ3) is 4.20. The first-order valence-electron chi connectivity index (χ1n) is 8.37. The first-order chi connectivity index (χ1) is 9.90. The van der Waals surface area contributed by atoms with Crippen LogP contribution in [0.4, 0.5) is 0 Å². The smallest absolute Gasteiger partial charge is 0.150 e. The normalized spacial score (nSPS) is 30.6. The largest absolute Gasteiger partial charge is 0.378 e. The van der Waals surface area contributed by atoms with Crippen molar-refractivity contribution < 1.29 is 13.2 Å². The number of nitrogens with one attached hydrogen (secondary N) is 1. The lowest BCUT2D eigenvalue weighted by atomic mass is 9.71. The van der Waals surface area contributed by atoms with Gasteiger partial charge in [-0.1, -0.05) is 13.3 Å².